The summed E-state index contributed by atoms with van der Waals surface area (Å²) < 4.78 is 0. The van der Waals surface area contributed by atoms with Crippen LogP contribution in [0.25, 0.3) is 0 Å². The molecule has 1 aromatic heterocycles. The van der Waals surface area contributed by atoms with E-state index >= 15 is 0 Å². The molecule has 0 spiro atoms. The lowest BCUT2D eigenvalue weighted by atomic mass is 10.1. The minimum Gasteiger partial charge on any atom is -0.306 e. The lowest BCUT2D eigenvalue weighted by Crippen LogP contribution is -2.31. The third-order valence-corrected chi connectivity index (χ3v) is 4.85. The lowest BCUT2D eigenvalue weighted by molar-refractivity contribution is 0.472. The van der Waals surface area contributed by atoms with Crippen LogP contribution in [-0.2, 0) is 12.8 Å². The molecule has 1 unspecified atom stereocenters. The largest absolute Gasteiger partial charge is 0.306 e. The molecule has 1 heterocycles. The van der Waals surface area contributed by atoms with E-state index in [0.29, 0.717) is 12.1 Å². The van der Waals surface area contributed by atoms with Gasteiger partial charge in [0.15, 0.2) is 0 Å². The van der Waals surface area contributed by atoms with Crippen LogP contribution in [0.5, 0.6) is 0 Å². The van der Waals surface area contributed by atoms with Crippen molar-refractivity contribution in [3.63, 3.8) is 0 Å². The molecular formula is C15H16ClNS. The normalized spacial score (nSPS) is 19.8. The molecule has 0 saturated heterocycles. The predicted octanol–water partition coefficient (Wildman–Crippen LogP) is 4.22. The molecule has 1 N–H and O–H groups in total. The van der Waals surface area contributed by atoms with Crippen LogP contribution in [0.2, 0.25) is 5.02 Å². The molecule has 2 aromatic rings. The summed E-state index contributed by atoms with van der Waals surface area (Å²) in [6.45, 7) is 2.24. The predicted molar refractivity (Wildman–Crippen MR) is 78.5 cm³/mol. The average molecular weight is 278 g/mol. The maximum absolute atomic E-state index is 6.04. The summed E-state index contributed by atoms with van der Waals surface area (Å²) in [5, 5.41) is 6.70. The fourth-order valence-electron chi connectivity index (χ4n) is 2.68. The Bertz CT molecular complexity index is 535. The van der Waals surface area contributed by atoms with Gasteiger partial charge in [0.25, 0.3) is 0 Å². The first-order valence-electron chi connectivity index (χ1n) is 6.29. The summed E-state index contributed by atoms with van der Waals surface area (Å²) in [4.78, 5) is 1.41. The minimum atomic E-state index is 0.430. The number of benzene rings is 1. The van der Waals surface area contributed by atoms with Crippen LogP contribution in [-0.4, -0.2) is 6.04 Å². The Morgan fingerprint density at radius 2 is 2.11 bits per heavy atom. The van der Waals surface area contributed by atoms with Gasteiger partial charge in [-0.15, -0.1) is 11.3 Å². The van der Waals surface area contributed by atoms with Gasteiger partial charge in [0.1, 0.15) is 0 Å². The van der Waals surface area contributed by atoms with Crippen LogP contribution < -0.4 is 5.32 Å². The standard InChI is InChI=1S/C15H16ClNS/c1-10(15-3-2-6-18-15)17-14-8-11-4-5-13(16)7-12(11)9-14/h2-7,10,14,17H,8-9H2,1H3/t10-,14?/m1/s1. The molecule has 3 heteroatoms. The molecule has 94 valence electrons. The first-order valence-corrected chi connectivity index (χ1v) is 7.55. The van der Waals surface area contributed by atoms with Crippen molar-refractivity contribution in [1.29, 1.82) is 0 Å². The highest BCUT2D eigenvalue weighted by atomic mass is 35.5. The van der Waals surface area contributed by atoms with Crippen LogP contribution in [0.15, 0.2) is 35.7 Å². The van der Waals surface area contributed by atoms with Crippen molar-refractivity contribution in [2.75, 3.05) is 0 Å². The third-order valence-electron chi connectivity index (χ3n) is 3.56. The van der Waals surface area contributed by atoms with Gasteiger partial charge >= 0.3 is 0 Å². The molecule has 1 nitrogen and oxygen atoms in total. The smallest absolute Gasteiger partial charge is 0.0408 e. The van der Waals surface area contributed by atoms with E-state index in [2.05, 4.69) is 41.9 Å². The molecule has 0 saturated carbocycles. The number of thiophene rings is 1. The average Bonchev–Trinajstić information content (AvgIpc) is 2.95. The van der Waals surface area contributed by atoms with Crippen molar-refractivity contribution in [3.8, 4) is 0 Å². The fraction of sp³-hybridized carbons (Fsp3) is 0.333. The van der Waals surface area contributed by atoms with Crippen molar-refractivity contribution in [3.05, 3.63) is 56.7 Å². The molecule has 0 amide bonds. The summed E-state index contributed by atoms with van der Waals surface area (Å²) in [5.41, 5.74) is 2.84. The Balaban J connectivity index is 1.67. The SMILES string of the molecule is C[C@@H](NC1Cc2ccc(Cl)cc2C1)c1cccs1. The van der Waals surface area contributed by atoms with Gasteiger partial charge in [0.05, 0.1) is 0 Å². The molecule has 0 radical (unpaired) electrons. The molecule has 0 fully saturated rings. The molecule has 1 aromatic carbocycles. The van der Waals surface area contributed by atoms with E-state index in [4.69, 9.17) is 11.6 Å². The molecule has 3 rings (SSSR count). The fourth-order valence-corrected chi connectivity index (χ4v) is 3.62. The van der Waals surface area contributed by atoms with E-state index in [-0.39, 0.29) is 0 Å². The van der Waals surface area contributed by atoms with Gasteiger partial charge in [-0.2, -0.15) is 0 Å². The Hall–Kier alpha value is -0.830. The van der Waals surface area contributed by atoms with Crippen molar-refractivity contribution in [1.82, 2.24) is 5.32 Å². The van der Waals surface area contributed by atoms with Crippen LogP contribution in [0.1, 0.15) is 29.0 Å². The van der Waals surface area contributed by atoms with E-state index < -0.39 is 0 Å². The van der Waals surface area contributed by atoms with Crippen molar-refractivity contribution in [2.24, 2.45) is 0 Å². The van der Waals surface area contributed by atoms with Crippen molar-refractivity contribution in [2.45, 2.75) is 31.8 Å². The second kappa shape index (κ2) is 5.04. The Morgan fingerprint density at radius 3 is 2.89 bits per heavy atom. The summed E-state index contributed by atoms with van der Waals surface area (Å²) in [5.74, 6) is 0. The summed E-state index contributed by atoms with van der Waals surface area (Å²) in [6, 6.07) is 11.5. The minimum absolute atomic E-state index is 0.430. The van der Waals surface area contributed by atoms with E-state index in [0.717, 1.165) is 17.9 Å². The van der Waals surface area contributed by atoms with E-state index in [1.54, 1.807) is 0 Å². The second-order valence-corrected chi connectivity index (χ2v) is 6.34. The highest BCUT2D eigenvalue weighted by Crippen LogP contribution is 2.27. The van der Waals surface area contributed by atoms with Gasteiger partial charge in [-0.1, -0.05) is 23.7 Å². The van der Waals surface area contributed by atoms with Crippen LogP contribution in [0.3, 0.4) is 0 Å². The number of nitrogens with one attached hydrogen (secondary N) is 1. The van der Waals surface area contributed by atoms with E-state index in [9.17, 15) is 0 Å². The van der Waals surface area contributed by atoms with Gasteiger partial charge in [-0.25, -0.2) is 0 Å². The summed E-state index contributed by atoms with van der Waals surface area (Å²) in [7, 11) is 0. The monoisotopic (exact) mass is 277 g/mol. The maximum atomic E-state index is 6.04. The first kappa shape index (κ1) is 12.2. The zero-order valence-electron chi connectivity index (χ0n) is 10.3. The van der Waals surface area contributed by atoms with Crippen LogP contribution >= 0.6 is 22.9 Å². The summed E-state index contributed by atoms with van der Waals surface area (Å²) >= 11 is 7.86. The zero-order valence-corrected chi connectivity index (χ0v) is 11.9. The molecule has 0 bridgehead atoms. The molecule has 1 aliphatic rings. The van der Waals surface area contributed by atoms with Gasteiger partial charge in [-0.3, -0.25) is 0 Å². The number of fused-ring (bicyclic) bond motifs is 1. The van der Waals surface area contributed by atoms with E-state index in [1.165, 1.54) is 16.0 Å². The quantitative estimate of drug-likeness (QED) is 0.886. The van der Waals surface area contributed by atoms with Gasteiger partial charge < -0.3 is 5.32 Å². The zero-order chi connectivity index (χ0) is 12.5. The third kappa shape index (κ3) is 2.46. The lowest BCUT2D eigenvalue weighted by Gasteiger charge is -2.18. The number of hydrogen-bond donors (Lipinski definition) is 1. The highest BCUT2D eigenvalue weighted by molar-refractivity contribution is 7.10. The Morgan fingerprint density at radius 1 is 1.28 bits per heavy atom. The molecule has 0 aliphatic heterocycles. The maximum Gasteiger partial charge on any atom is 0.0408 e. The van der Waals surface area contributed by atoms with Gasteiger partial charge in [0.2, 0.25) is 0 Å². The second-order valence-electron chi connectivity index (χ2n) is 4.92. The number of rotatable bonds is 3. The number of halogens is 1. The van der Waals surface area contributed by atoms with Gasteiger partial charge in [-0.05, 0) is 54.5 Å². The van der Waals surface area contributed by atoms with Gasteiger partial charge in [0, 0.05) is 22.0 Å². The molecular weight excluding hydrogens is 262 g/mol. The van der Waals surface area contributed by atoms with E-state index in [1.807, 2.05) is 17.4 Å². The Kier molecular flexibility index (Phi) is 3.42. The topological polar surface area (TPSA) is 12.0 Å². The Labute approximate surface area is 117 Å². The summed E-state index contributed by atoms with van der Waals surface area (Å²) in [6.07, 6.45) is 2.20. The molecule has 2 atom stereocenters. The number of hydrogen-bond acceptors (Lipinski definition) is 2. The molecule has 18 heavy (non-hydrogen) atoms. The van der Waals surface area contributed by atoms with Crippen molar-refractivity contribution >= 4 is 22.9 Å². The van der Waals surface area contributed by atoms with Crippen LogP contribution in [0, 0.1) is 0 Å². The van der Waals surface area contributed by atoms with Crippen molar-refractivity contribution < 1.29 is 0 Å². The molecule has 1 aliphatic carbocycles. The first-order chi connectivity index (χ1) is 8.72. The van der Waals surface area contributed by atoms with Crippen LogP contribution in [0.4, 0.5) is 0 Å². The highest BCUT2D eigenvalue weighted by Gasteiger charge is 2.23.